The summed E-state index contributed by atoms with van der Waals surface area (Å²) in [5, 5.41) is 9.07. The maximum Gasteiger partial charge on any atom is 0.354 e. The number of benzene rings is 1. The third-order valence-corrected chi connectivity index (χ3v) is 2.90. The van der Waals surface area contributed by atoms with Crippen molar-refractivity contribution in [3.05, 3.63) is 47.5 Å². The lowest BCUT2D eigenvalue weighted by Crippen LogP contribution is -2.14. The van der Waals surface area contributed by atoms with Gasteiger partial charge in [0.15, 0.2) is 5.69 Å². The molecule has 1 aliphatic heterocycles. The lowest BCUT2D eigenvalue weighted by atomic mass is 10.1. The van der Waals surface area contributed by atoms with Gasteiger partial charge in [0, 0.05) is 0 Å². The van der Waals surface area contributed by atoms with Crippen LogP contribution in [0, 0.1) is 5.82 Å². The minimum atomic E-state index is -1.08. The molecule has 6 heteroatoms. The van der Waals surface area contributed by atoms with Crippen LogP contribution in [-0.2, 0) is 0 Å². The molecule has 1 aromatic heterocycles. The molecule has 0 bridgehead atoms. The smallest absolute Gasteiger partial charge is 0.354 e. The van der Waals surface area contributed by atoms with E-state index in [9.17, 15) is 9.18 Å². The number of nitrogens with zero attached hydrogens (tertiary/aromatic N) is 2. The Morgan fingerprint density at radius 1 is 1.50 bits per heavy atom. The zero-order valence-corrected chi connectivity index (χ0v) is 11.2. The van der Waals surface area contributed by atoms with E-state index in [2.05, 4.69) is 4.98 Å². The Labute approximate surface area is 115 Å². The van der Waals surface area contributed by atoms with Crippen LogP contribution in [0.4, 0.5) is 4.39 Å². The number of imidazole rings is 1. The summed E-state index contributed by atoms with van der Waals surface area (Å²) in [5.41, 5.74) is 0.700. The highest BCUT2D eigenvalue weighted by Gasteiger charge is 2.31. The van der Waals surface area contributed by atoms with Gasteiger partial charge in [0.2, 0.25) is 0 Å². The molecule has 106 valence electrons. The van der Waals surface area contributed by atoms with Crippen LogP contribution in [0.2, 0.25) is 0 Å². The summed E-state index contributed by atoms with van der Waals surface area (Å²) >= 11 is 0. The molecule has 1 unspecified atom stereocenters. The van der Waals surface area contributed by atoms with Gasteiger partial charge < -0.3 is 9.84 Å². The van der Waals surface area contributed by atoms with Gasteiger partial charge in [0.1, 0.15) is 12.4 Å². The molecule has 1 aliphatic rings. The van der Waals surface area contributed by atoms with Gasteiger partial charge in [-0.2, -0.15) is 0 Å². The first-order valence-electron chi connectivity index (χ1n) is 6.35. The Bertz CT molecular complexity index is 625. The number of rotatable bonds is 2. The number of carboxylic acid groups (broad SMARTS) is 1. The van der Waals surface area contributed by atoms with Crippen molar-refractivity contribution in [3.63, 3.8) is 0 Å². The number of carbonyl (C=O) groups is 1. The molecular weight excluding hydrogens is 263 g/mol. The fraction of sp³-hybridized carbons (Fsp3) is 0.286. The van der Waals surface area contributed by atoms with Crippen molar-refractivity contribution in [2.75, 3.05) is 6.61 Å². The highest BCUT2D eigenvalue weighted by Crippen LogP contribution is 2.32. The average Bonchev–Trinajstić information content (AvgIpc) is 3.01. The maximum atomic E-state index is 13.2. The summed E-state index contributed by atoms with van der Waals surface area (Å²) < 4.78 is 20.0. The molecule has 5 nitrogen and oxygen atoms in total. The Morgan fingerprint density at radius 3 is 2.90 bits per heavy atom. The van der Waals surface area contributed by atoms with E-state index >= 15 is 0 Å². The molecule has 0 amide bonds. The minimum Gasteiger partial charge on any atom is -0.477 e. The van der Waals surface area contributed by atoms with Crippen LogP contribution in [-0.4, -0.2) is 27.2 Å². The minimum absolute atomic E-state index is 0.0387. The molecule has 0 spiro atoms. The lowest BCUT2D eigenvalue weighted by molar-refractivity contribution is 0.0684. The topological polar surface area (TPSA) is 64.3 Å². The first-order chi connectivity index (χ1) is 9.66. The molecule has 0 saturated heterocycles. The predicted molar refractivity (Wildman–Crippen MR) is 70.6 cm³/mol. The average molecular weight is 278 g/mol. The van der Waals surface area contributed by atoms with Crippen molar-refractivity contribution in [2.45, 2.75) is 19.9 Å². The predicted octanol–water partition coefficient (Wildman–Crippen LogP) is 2.73. The van der Waals surface area contributed by atoms with E-state index in [1.807, 2.05) is 13.8 Å². The fourth-order valence-electron chi connectivity index (χ4n) is 2.10. The highest BCUT2D eigenvalue weighted by atomic mass is 19.1. The monoisotopic (exact) mass is 278 g/mol. The quantitative estimate of drug-likeness (QED) is 0.917. The second-order valence-electron chi connectivity index (χ2n) is 3.98. The molecule has 0 radical (unpaired) electrons. The van der Waals surface area contributed by atoms with Crippen molar-refractivity contribution in [3.8, 4) is 6.01 Å². The van der Waals surface area contributed by atoms with Crippen LogP contribution in [0.5, 0.6) is 6.01 Å². The second kappa shape index (κ2) is 5.73. The van der Waals surface area contributed by atoms with Crippen LogP contribution in [0.25, 0.3) is 0 Å². The molecule has 0 saturated carbocycles. The molecular formula is C14H15FN2O3. The van der Waals surface area contributed by atoms with E-state index in [0.717, 1.165) is 0 Å². The van der Waals surface area contributed by atoms with Crippen LogP contribution >= 0.6 is 0 Å². The Balaban J connectivity index is 0.000000704. The number of fused-ring (bicyclic) bond motifs is 1. The number of hydrogen-bond donors (Lipinski definition) is 1. The van der Waals surface area contributed by atoms with E-state index in [1.54, 1.807) is 12.1 Å². The van der Waals surface area contributed by atoms with Gasteiger partial charge in [0.05, 0.1) is 12.2 Å². The van der Waals surface area contributed by atoms with Gasteiger partial charge in [-0.1, -0.05) is 26.0 Å². The molecule has 3 rings (SSSR count). The van der Waals surface area contributed by atoms with Gasteiger partial charge >= 0.3 is 5.97 Å². The summed E-state index contributed by atoms with van der Waals surface area (Å²) in [6, 6.07) is 5.92. The fourth-order valence-corrected chi connectivity index (χ4v) is 2.10. The van der Waals surface area contributed by atoms with Crippen LogP contribution in [0.15, 0.2) is 30.5 Å². The first-order valence-corrected chi connectivity index (χ1v) is 6.35. The van der Waals surface area contributed by atoms with Crippen molar-refractivity contribution in [2.24, 2.45) is 0 Å². The normalized spacial score (nSPS) is 15.8. The van der Waals surface area contributed by atoms with Crippen LogP contribution in [0.1, 0.15) is 35.9 Å². The SMILES string of the molecule is CC.O=C(O)c1cnc2n1C(c1cccc(F)c1)CO2. The highest BCUT2D eigenvalue weighted by molar-refractivity contribution is 5.86. The summed E-state index contributed by atoms with van der Waals surface area (Å²) in [5.74, 6) is -1.45. The van der Waals surface area contributed by atoms with Gasteiger partial charge in [-0.15, -0.1) is 0 Å². The second-order valence-corrected chi connectivity index (χ2v) is 3.98. The van der Waals surface area contributed by atoms with E-state index in [1.165, 1.54) is 22.9 Å². The summed E-state index contributed by atoms with van der Waals surface area (Å²) in [4.78, 5) is 15.0. The molecule has 1 aromatic carbocycles. The van der Waals surface area contributed by atoms with E-state index < -0.39 is 5.97 Å². The first kappa shape index (κ1) is 14.0. The Kier molecular flexibility index (Phi) is 4.02. The largest absolute Gasteiger partial charge is 0.477 e. The third-order valence-electron chi connectivity index (χ3n) is 2.90. The van der Waals surface area contributed by atoms with Crippen LogP contribution < -0.4 is 4.74 Å². The molecule has 20 heavy (non-hydrogen) atoms. The van der Waals surface area contributed by atoms with Crippen molar-refractivity contribution >= 4 is 5.97 Å². The number of carboxylic acids is 1. The number of ether oxygens (including phenoxy) is 1. The van der Waals surface area contributed by atoms with E-state index in [4.69, 9.17) is 9.84 Å². The molecule has 1 atom stereocenters. The van der Waals surface area contributed by atoms with E-state index in [0.29, 0.717) is 5.56 Å². The number of halogens is 1. The lowest BCUT2D eigenvalue weighted by Gasteiger charge is -2.12. The standard InChI is InChI=1S/C12H9FN2O3.C2H6/c13-8-3-1-2-7(4-8)10-6-18-12-14-5-9(11(16)17)15(10)12;1-2/h1-5,10H,6H2,(H,16,17);1-2H3. The number of aromatic nitrogens is 2. The van der Waals surface area contributed by atoms with Crippen LogP contribution in [0.3, 0.4) is 0 Å². The molecule has 2 aromatic rings. The van der Waals surface area contributed by atoms with Gasteiger partial charge in [-0.25, -0.2) is 14.2 Å². The zero-order valence-electron chi connectivity index (χ0n) is 11.2. The number of hydrogen-bond acceptors (Lipinski definition) is 3. The Morgan fingerprint density at radius 2 is 2.25 bits per heavy atom. The third kappa shape index (κ3) is 2.36. The number of aromatic carboxylic acids is 1. The zero-order chi connectivity index (χ0) is 14.7. The molecule has 2 heterocycles. The molecule has 0 aliphatic carbocycles. The van der Waals surface area contributed by atoms with Gasteiger partial charge in [0.25, 0.3) is 6.01 Å². The van der Waals surface area contributed by atoms with E-state index in [-0.39, 0.29) is 30.2 Å². The Hall–Kier alpha value is -2.37. The summed E-state index contributed by atoms with van der Waals surface area (Å²) in [7, 11) is 0. The summed E-state index contributed by atoms with van der Waals surface area (Å²) in [6.45, 7) is 4.26. The molecule has 1 N–H and O–H groups in total. The summed E-state index contributed by atoms with van der Waals surface area (Å²) in [6.07, 6.45) is 1.24. The van der Waals surface area contributed by atoms with Crippen molar-refractivity contribution in [1.29, 1.82) is 0 Å². The van der Waals surface area contributed by atoms with Crippen molar-refractivity contribution < 1.29 is 19.0 Å². The maximum absolute atomic E-state index is 13.2. The van der Waals surface area contributed by atoms with Gasteiger partial charge in [-0.3, -0.25) is 4.57 Å². The molecule has 0 fully saturated rings. The van der Waals surface area contributed by atoms with Crippen molar-refractivity contribution in [1.82, 2.24) is 9.55 Å². The van der Waals surface area contributed by atoms with Gasteiger partial charge in [-0.05, 0) is 17.7 Å².